The Labute approximate surface area is 200 Å². The second-order valence-corrected chi connectivity index (χ2v) is 7.85. The van der Waals surface area contributed by atoms with Crippen molar-refractivity contribution < 1.29 is 39.8 Å². The molecule has 4 aromatic rings. The topological polar surface area (TPSA) is 44.1 Å². The molecule has 0 saturated heterocycles. The number of esters is 1. The van der Waals surface area contributed by atoms with Crippen LogP contribution < -0.4 is 0 Å². The van der Waals surface area contributed by atoms with Crippen molar-refractivity contribution in [3.8, 4) is 11.3 Å². The molecule has 0 atom stereocenters. The van der Waals surface area contributed by atoms with E-state index >= 15 is 0 Å². The molecule has 4 nitrogen and oxygen atoms in total. The summed E-state index contributed by atoms with van der Waals surface area (Å²) in [5.74, 6) is -2.54. The van der Waals surface area contributed by atoms with Crippen LogP contribution in [0.5, 0.6) is 0 Å². The molecule has 0 radical (unpaired) electrons. The molecule has 0 amide bonds. The largest absolute Gasteiger partial charge is 2.00 e. The van der Waals surface area contributed by atoms with Gasteiger partial charge in [0.1, 0.15) is 0 Å². The third kappa shape index (κ3) is 6.46. The van der Waals surface area contributed by atoms with Crippen molar-refractivity contribution in [3.05, 3.63) is 91.2 Å². The second kappa shape index (κ2) is 10.7. The van der Waals surface area contributed by atoms with Crippen molar-refractivity contribution in [3.63, 3.8) is 0 Å². The molecule has 0 fully saturated rings. The van der Waals surface area contributed by atoms with Gasteiger partial charge in [0.05, 0.1) is 12.0 Å². The fraction of sp³-hybridized carbons (Fsp3) is 0.200. The zero-order chi connectivity index (χ0) is 23.4. The number of ether oxygens (including phenoxy) is 1. The van der Waals surface area contributed by atoms with Crippen LogP contribution in [0.3, 0.4) is 0 Å². The number of aromatic nitrogens is 2. The quantitative estimate of drug-likeness (QED) is 0.138. The van der Waals surface area contributed by atoms with E-state index in [4.69, 9.17) is 0 Å². The first-order valence-electron chi connectivity index (χ1n) is 9.92. The van der Waals surface area contributed by atoms with E-state index in [1.54, 1.807) is 4.68 Å². The number of alkyl halides is 3. The minimum atomic E-state index is -4.78. The van der Waals surface area contributed by atoms with Gasteiger partial charge in [-0.1, -0.05) is 30.3 Å². The number of halogens is 3. The number of allylic oxidation sites excluding steroid dienone is 1. The molecule has 0 spiro atoms. The number of nitrogens with zero attached hydrogens (tertiary/aromatic N) is 2. The maximum atomic E-state index is 12.6. The Morgan fingerprint density at radius 3 is 2.24 bits per heavy atom. The van der Waals surface area contributed by atoms with Crippen LogP contribution in [0.4, 0.5) is 13.2 Å². The van der Waals surface area contributed by atoms with E-state index < -0.39 is 23.3 Å². The number of rotatable bonds is 5. The molecule has 0 aliphatic carbocycles. The average molecular weight is 496 g/mol. The van der Waals surface area contributed by atoms with E-state index in [9.17, 15) is 18.0 Å². The zero-order valence-corrected chi connectivity index (χ0v) is 19.2. The second-order valence-electron chi connectivity index (χ2n) is 7.85. The Morgan fingerprint density at radius 1 is 1.09 bits per heavy atom. The summed E-state index contributed by atoms with van der Waals surface area (Å²) in [6.45, 7) is 5.86. The van der Waals surface area contributed by atoms with Gasteiger partial charge in [-0.05, 0) is 25.3 Å². The number of para-hydroxylation sites is 1. The number of carbonyl (C=O) groups excluding carboxylic acids is 1. The van der Waals surface area contributed by atoms with Gasteiger partial charge in [0, 0.05) is 11.2 Å². The van der Waals surface area contributed by atoms with E-state index in [0.717, 1.165) is 22.2 Å². The van der Waals surface area contributed by atoms with Crippen molar-refractivity contribution in [2.75, 3.05) is 0 Å². The van der Waals surface area contributed by atoms with E-state index in [0.29, 0.717) is 0 Å². The third-order valence-electron chi connectivity index (χ3n) is 4.78. The van der Waals surface area contributed by atoms with Crippen molar-refractivity contribution >= 4 is 16.9 Å². The van der Waals surface area contributed by atoms with E-state index in [1.165, 1.54) is 13.8 Å². The van der Waals surface area contributed by atoms with Gasteiger partial charge in [-0.25, -0.2) is 12.1 Å². The van der Waals surface area contributed by atoms with Crippen molar-refractivity contribution in [1.29, 1.82) is 0 Å². The number of hydrogen-bond acceptors (Lipinski definition) is 3. The summed E-state index contributed by atoms with van der Waals surface area (Å²) in [6.07, 6.45) is -4.78. The van der Waals surface area contributed by atoms with Gasteiger partial charge in [-0.15, -0.1) is 12.1 Å². The predicted octanol–water partition coefficient (Wildman–Crippen LogP) is 6.47. The standard InChI is InChI=1S/C20H18F3N2O2.C5H5.Fe/c1-13(20(21,22)23)27-18(26)19(2,3)12-25-16-11-7-6-10-15(16)17(24-25)14-8-4-5-9-14;1-2-4-5-3-1;/h4-11H,1,12H2,2-3H3;1-5H;/q2*-1;+2. The first-order valence-corrected chi connectivity index (χ1v) is 9.92. The monoisotopic (exact) mass is 496 g/mol. The molecule has 1 heterocycles. The van der Waals surface area contributed by atoms with E-state index in [1.807, 2.05) is 78.9 Å². The molecule has 0 aliphatic heterocycles. The average Bonchev–Trinajstić information content (AvgIpc) is 3.50. The molecule has 0 saturated carbocycles. The van der Waals surface area contributed by atoms with Crippen LogP contribution in [0.15, 0.2) is 91.2 Å². The van der Waals surface area contributed by atoms with Gasteiger partial charge in [0.2, 0.25) is 5.76 Å². The predicted molar refractivity (Wildman–Crippen MR) is 118 cm³/mol. The number of fused-ring (bicyclic) bond motifs is 1. The molecule has 8 heteroatoms. The summed E-state index contributed by atoms with van der Waals surface area (Å²) in [4.78, 5) is 12.3. The number of carbonyl (C=O) groups is 1. The minimum absolute atomic E-state index is 0. The first-order chi connectivity index (χ1) is 15.1. The molecule has 0 unspecified atom stereocenters. The Bertz CT molecular complexity index is 1160. The van der Waals surface area contributed by atoms with Gasteiger partial charge >= 0.3 is 29.2 Å². The molecule has 33 heavy (non-hydrogen) atoms. The van der Waals surface area contributed by atoms with E-state index in [2.05, 4.69) is 16.4 Å². The summed E-state index contributed by atoms with van der Waals surface area (Å²) in [5.41, 5.74) is 1.21. The van der Waals surface area contributed by atoms with Gasteiger partial charge in [0.15, 0.2) is 0 Å². The van der Waals surface area contributed by atoms with Crippen molar-refractivity contribution in [2.45, 2.75) is 26.6 Å². The molecule has 0 N–H and O–H groups in total. The fourth-order valence-corrected chi connectivity index (χ4v) is 3.06. The van der Waals surface area contributed by atoms with Gasteiger partial charge in [-0.3, -0.25) is 9.48 Å². The van der Waals surface area contributed by atoms with Gasteiger partial charge in [0.25, 0.3) is 0 Å². The molecular formula is C25H23F3FeN2O2. The Hall–Kier alpha value is -3.09. The van der Waals surface area contributed by atoms with Crippen LogP contribution in [-0.2, 0) is 33.1 Å². The Morgan fingerprint density at radius 2 is 1.70 bits per heavy atom. The molecular weight excluding hydrogens is 473 g/mol. The fourth-order valence-electron chi connectivity index (χ4n) is 3.06. The van der Waals surface area contributed by atoms with Gasteiger partial charge in [-0.2, -0.15) is 48.6 Å². The summed E-state index contributed by atoms with van der Waals surface area (Å²) >= 11 is 0. The molecule has 0 aliphatic rings. The van der Waals surface area contributed by atoms with Gasteiger partial charge < -0.3 is 4.74 Å². The van der Waals surface area contributed by atoms with Crippen molar-refractivity contribution in [1.82, 2.24) is 9.78 Å². The smallest absolute Gasteiger partial charge is 0.422 e. The Balaban J connectivity index is 0.000000568. The van der Waals surface area contributed by atoms with Crippen LogP contribution in [0.1, 0.15) is 13.8 Å². The summed E-state index contributed by atoms with van der Waals surface area (Å²) < 4.78 is 43.9. The molecule has 3 aromatic carbocycles. The summed E-state index contributed by atoms with van der Waals surface area (Å²) in [7, 11) is 0. The van der Waals surface area contributed by atoms with Crippen LogP contribution >= 0.6 is 0 Å². The third-order valence-corrected chi connectivity index (χ3v) is 4.78. The number of benzene rings is 1. The van der Waals surface area contributed by atoms with Crippen LogP contribution in [0, 0.1) is 5.41 Å². The van der Waals surface area contributed by atoms with Crippen LogP contribution in [0.2, 0.25) is 0 Å². The Kier molecular flexibility index (Phi) is 8.47. The first kappa shape index (κ1) is 26.2. The normalized spacial score (nSPS) is 11.3. The number of hydrogen-bond donors (Lipinski definition) is 0. The SMILES string of the molecule is C=C(OC(=O)C(C)(C)Cn1nc(-[c-]2cccc2)c2ccccc21)C(F)(F)F.[Fe+2].c1cc[cH-]c1. The molecule has 4 rings (SSSR count). The van der Waals surface area contributed by atoms with Crippen LogP contribution in [-0.4, -0.2) is 21.9 Å². The minimum Gasteiger partial charge on any atom is -0.422 e. The summed E-state index contributed by atoms with van der Waals surface area (Å²) in [6, 6.07) is 25.1. The van der Waals surface area contributed by atoms with E-state index in [-0.39, 0.29) is 23.6 Å². The maximum Gasteiger partial charge on any atom is 2.00 e. The molecule has 174 valence electrons. The van der Waals surface area contributed by atoms with Crippen molar-refractivity contribution in [2.24, 2.45) is 5.41 Å². The summed E-state index contributed by atoms with van der Waals surface area (Å²) in [5, 5.41) is 5.49. The molecule has 0 bridgehead atoms. The zero-order valence-electron chi connectivity index (χ0n) is 18.1. The maximum absolute atomic E-state index is 12.6. The molecule has 1 aromatic heterocycles. The van der Waals surface area contributed by atoms with Crippen LogP contribution in [0.25, 0.3) is 22.2 Å².